The van der Waals surface area contributed by atoms with E-state index in [0.29, 0.717) is 11.5 Å². The van der Waals surface area contributed by atoms with E-state index in [9.17, 15) is 0 Å². The normalized spacial score (nSPS) is 10.5. The maximum absolute atomic E-state index is 5.34. The van der Waals surface area contributed by atoms with E-state index in [1.807, 2.05) is 36.5 Å². The average molecular weight is 265 g/mol. The van der Waals surface area contributed by atoms with Gasteiger partial charge in [-0.05, 0) is 17.7 Å². The van der Waals surface area contributed by atoms with Gasteiger partial charge in [-0.1, -0.05) is 30.3 Å². The van der Waals surface area contributed by atoms with Crippen molar-refractivity contribution >= 4 is 10.9 Å². The van der Waals surface area contributed by atoms with Gasteiger partial charge in [0.1, 0.15) is 0 Å². The first-order valence-electron chi connectivity index (χ1n) is 6.39. The van der Waals surface area contributed by atoms with Crippen molar-refractivity contribution in [2.45, 2.75) is 0 Å². The molecule has 0 aliphatic heterocycles. The number of ether oxygens (including phenoxy) is 2. The van der Waals surface area contributed by atoms with Gasteiger partial charge in [0.2, 0.25) is 0 Å². The first-order chi connectivity index (χ1) is 9.81. The van der Waals surface area contributed by atoms with Crippen LogP contribution in [0, 0.1) is 0 Å². The standard InChI is InChI=1S/C17H15NO2/c1-19-16-9-13-8-14(12-6-4-3-5-7-12)11-18-15(13)10-17(16)20-2/h3-11H,1-2H3. The lowest BCUT2D eigenvalue weighted by Gasteiger charge is -2.09. The summed E-state index contributed by atoms with van der Waals surface area (Å²) in [4.78, 5) is 4.51. The maximum Gasteiger partial charge on any atom is 0.162 e. The molecule has 0 unspecified atom stereocenters. The maximum atomic E-state index is 5.34. The lowest BCUT2D eigenvalue weighted by Crippen LogP contribution is -1.91. The number of aromatic nitrogens is 1. The van der Waals surface area contributed by atoms with Crippen LogP contribution in [0.3, 0.4) is 0 Å². The zero-order valence-electron chi connectivity index (χ0n) is 11.5. The Labute approximate surface area is 117 Å². The predicted molar refractivity (Wildman–Crippen MR) is 80.3 cm³/mol. The predicted octanol–water partition coefficient (Wildman–Crippen LogP) is 3.92. The van der Waals surface area contributed by atoms with Crippen molar-refractivity contribution in [1.82, 2.24) is 4.98 Å². The highest BCUT2D eigenvalue weighted by Gasteiger charge is 2.07. The molecule has 0 amide bonds. The zero-order valence-corrected chi connectivity index (χ0v) is 11.5. The molecule has 0 saturated heterocycles. The second kappa shape index (κ2) is 5.21. The first kappa shape index (κ1) is 12.5. The van der Waals surface area contributed by atoms with Crippen molar-refractivity contribution in [2.75, 3.05) is 14.2 Å². The molecule has 3 heteroatoms. The third kappa shape index (κ3) is 2.18. The van der Waals surface area contributed by atoms with Crippen molar-refractivity contribution in [3.63, 3.8) is 0 Å². The van der Waals surface area contributed by atoms with Crippen LogP contribution in [0.5, 0.6) is 11.5 Å². The van der Waals surface area contributed by atoms with Crippen LogP contribution in [0.4, 0.5) is 0 Å². The Morgan fingerprint density at radius 2 is 1.50 bits per heavy atom. The molecule has 3 rings (SSSR count). The van der Waals surface area contributed by atoms with Crippen LogP contribution in [-0.2, 0) is 0 Å². The van der Waals surface area contributed by atoms with Gasteiger partial charge in [-0.2, -0.15) is 0 Å². The highest BCUT2D eigenvalue weighted by Crippen LogP contribution is 2.32. The molecule has 1 aromatic heterocycles. The third-order valence-electron chi connectivity index (χ3n) is 3.29. The van der Waals surface area contributed by atoms with E-state index in [2.05, 4.69) is 23.2 Å². The van der Waals surface area contributed by atoms with Crippen LogP contribution in [0.1, 0.15) is 0 Å². The van der Waals surface area contributed by atoms with Gasteiger partial charge < -0.3 is 9.47 Å². The zero-order chi connectivity index (χ0) is 13.9. The molecule has 0 fully saturated rings. The molecule has 0 saturated carbocycles. The van der Waals surface area contributed by atoms with Gasteiger partial charge in [0.15, 0.2) is 11.5 Å². The molecule has 2 aromatic carbocycles. The number of methoxy groups -OCH3 is 2. The summed E-state index contributed by atoms with van der Waals surface area (Å²) < 4.78 is 10.6. The van der Waals surface area contributed by atoms with Crippen LogP contribution >= 0.6 is 0 Å². The summed E-state index contributed by atoms with van der Waals surface area (Å²) in [6.45, 7) is 0. The van der Waals surface area contributed by atoms with Crippen LogP contribution in [0.15, 0.2) is 54.7 Å². The van der Waals surface area contributed by atoms with Crippen LogP contribution in [-0.4, -0.2) is 19.2 Å². The van der Waals surface area contributed by atoms with Crippen LogP contribution < -0.4 is 9.47 Å². The van der Waals surface area contributed by atoms with E-state index in [1.165, 1.54) is 0 Å². The van der Waals surface area contributed by atoms with E-state index >= 15 is 0 Å². The summed E-state index contributed by atoms with van der Waals surface area (Å²) in [6.07, 6.45) is 1.88. The fourth-order valence-electron chi connectivity index (χ4n) is 2.24. The Morgan fingerprint density at radius 1 is 0.800 bits per heavy atom. The third-order valence-corrected chi connectivity index (χ3v) is 3.29. The van der Waals surface area contributed by atoms with Crippen molar-refractivity contribution in [1.29, 1.82) is 0 Å². The van der Waals surface area contributed by atoms with Gasteiger partial charge in [0.05, 0.1) is 19.7 Å². The molecule has 0 aliphatic carbocycles. The van der Waals surface area contributed by atoms with E-state index < -0.39 is 0 Å². The summed E-state index contributed by atoms with van der Waals surface area (Å²) in [5, 5.41) is 1.03. The number of fused-ring (bicyclic) bond motifs is 1. The number of nitrogens with zero attached hydrogens (tertiary/aromatic N) is 1. The number of benzene rings is 2. The molecule has 1 heterocycles. The quantitative estimate of drug-likeness (QED) is 0.719. The summed E-state index contributed by atoms with van der Waals surface area (Å²) >= 11 is 0. The van der Waals surface area contributed by atoms with E-state index in [1.54, 1.807) is 14.2 Å². The minimum atomic E-state index is 0.694. The van der Waals surface area contributed by atoms with E-state index in [-0.39, 0.29) is 0 Å². The van der Waals surface area contributed by atoms with Gasteiger partial charge in [0, 0.05) is 23.2 Å². The average Bonchev–Trinajstić information content (AvgIpc) is 2.53. The molecule has 20 heavy (non-hydrogen) atoms. The Kier molecular flexibility index (Phi) is 3.25. The van der Waals surface area contributed by atoms with Gasteiger partial charge in [-0.15, -0.1) is 0 Å². The minimum Gasteiger partial charge on any atom is -0.493 e. The Balaban J connectivity index is 2.16. The van der Waals surface area contributed by atoms with Gasteiger partial charge >= 0.3 is 0 Å². The lowest BCUT2D eigenvalue weighted by atomic mass is 10.1. The molecule has 0 N–H and O–H groups in total. The molecular formula is C17H15NO2. The second-order valence-corrected chi connectivity index (χ2v) is 4.49. The van der Waals surface area contributed by atoms with Crippen molar-refractivity contribution in [2.24, 2.45) is 0 Å². The van der Waals surface area contributed by atoms with Crippen molar-refractivity contribution in [3.8, 4) is 22.6 Å². The summed E-state index contributed by atoms with van der Waals surface area (Å²) in [5.74, 6) is 1.41. The molecule has 0 radical (unpaired) electrons. The summed E-state index contributed by atoms with van der Waals surface area (Å²) in [7, 11) is 3.26. The highest BCUT2D eigenvalue weighted by atomic mass is 16.5. The summed E-state index contributed by atoms with van der Waals surface area (Å²) in [5.41, 5.74) is 3.13. The molecule has 0 bridgehead atoms. The van der Waals surface area contributed by atoms with Gasteiger partial charge in [-0.3, -0.25) is 4.98 Å². The van der Waals surface area contributed by atoms with E-state index in [4.69, 9.17) is 9.47 Å². The highest BCUT2D eigenvalue weighted by molar-refractivity contribution is 5.86. The lowest BCUT2D eigenvalue weighted by molar-refractivity contribution is 0.356. The molecule has 3 aromatic rings. The molecule has 0 atom stereocenters. The first-order valence-corrected chi connectivity index (χ1v) is 6.39. The molecule has 0 spiro atoms. The number of hydrogen-bond donors (Lipinski definition) is 0. The van der Waals surface area contributed by atoms with Crippen LogP contribution in [0.25, 0.3) is 22.0 Å². The molecule has 0 aliphatic rings. The van der Waals surface area contributed by atoms with Crippen LogP contribution in [0.2, 0.25) is 0 Å². The van der Waals surface area contributed by atoms with Crippen molar-refractivity contribution < 1.29 is 9.47 Å². The fraction of sp³-hybridized carbons (Fsp3) is 0.118. The van der Waals surface area contributed by atoms with Gasteiger partial charge in [-0.25, -0.2) is 0 Å². The van der Waals surface area contributed by atoms with E-state index in [0.717, 1.165) is 22.0 Å². The number of hydrogen-bond acceptors (Lipinski definition) is 3. The molecule has 3 nitrogen and oxygen atoms in total. The molecule has 100 valence electrons. The van der Waals surface area contributed by atoms with Gasteiger partial charge in [0.25, 0.3) is 0 Å². The fourth-order valence-corrected chi connectivity index (χ4v) is 2.24. The topological polar surface area (TPSA) is 31.4 Å². The number of rotatable bonds is 3. The minimum absolute atomic E-state index is 0.694. The smallest absolute Gasteiger partial charge is 0.162 e. The molecular weight excluding hydrogens is 250 g/mol. The largest absolute Gasteiger partial charge is 0.493 e. The second-order valence-electron chi connectivity index (χ2n) is 4.49. The monoisotopic (exact) mass is 265 g/mol. The Morgan fingerprint density at radius 3 is 2.20 bits per heavy atom. The number of pyridine rings is 1. The SMILES string of the molecule is COc1cc2cc(-c3ccccc3)cnc2cc1OC. The Hall–Kier alpha value is -2.55. The summed E-state index contributed by atoms with van der Waals surface area (Å²) in [6, 6.07) is 16.2. The Bertz CT molecular complexity index is 739. The van der Waals surface area contributed by atoms with Crippen molar-refractivity contribution in [3.05, 3.63) is 54.7 Å².